The van der Waals surface area contributed by atoms with Crippen LogP contribution in [0.1, 0.15) is 19.8 Å². The number of hydrogen-bond acceptors (Lipinski definition) is 3. The van der Waals surface area contributed by atoms with Gasteiger partial charge in [-0.3, -0.25) is 4.72 Å². The molecular formula is C12H17BrCl2N2O2S. The lowest BCUT2D eigenvalue weighted by Gasteiger charge is -2.11. The minimum atomic E-state index is -3.42. The summed E-state index contributed by atoms with van der Waals surface area (Å²) in [4.78, 5) is 0. The Labute approximate surface area is 138 Å². The summed E-state index contributed by atoms with van der Waals surface area (Å²) in [5, 5.41) is 3.63. The second-order valence-corrected chi connectivity index (χ2v) is 7.70. The number of halogens is 3. The molecule has 0 fully saturated rings. The molecule has 20 heavy (non-hydrogen) atoms. The van der Waals surface area contributed by atoms with Crippen LogP contribution in [0, 0.1) is 0 Å². The number of benzene rings is 1. The molecule has 0 aromatic heterocycles. The van der Waals surface area contributed by atoms with Crippen molar-refractivity contribution in [2.75, 3.05) is 23.6 Å². The number of hydrogen-bond donors (Lipinski definition) is 2. The summed E-state index contributed by atoms with van der Waals surface area (Å²) in [6, 6.07) is 3.22. The van der Waals surface area contributed by atoms with E-state index in [4.69, 9.17) is 23.2 Å². The molecule has 1 rings (SSSR count). The maximum absolute atomic E-state index is 11.9. The van der Waals surface area contributed by atoms with Gasteiger partial charge in [0.15, 0.2) is 0 Å². The van der Waals surface area contributed by atoms with Crippen molar-refractivity contribution in [3.8, 4) is 0 Å². The third-order valence-electron chi connectivity index (χ3n) is 2.49. The standard InChI is InChI=1S/C12H17BrCl2N2O2S/c1-2-6-16-7-3-8-20(18,19)17-10-5-4-9(13)11(14)12(10)15/h4-5,16-17H,2-3,6-8H2,1H3. The van der Waals surface area contributed by atoms with Gasteiger partial charge in [-0.15, -0.1) is 0 Å². The zero-order chi connectivity index (χ0) is 15.2. The highest BCUT2D eigenvalue weighted by Crippen LogP contribution is 2.36. The van der Waals surface area contributed by atoms with Gasteiger partial charge < -0.3 is 5.32 Å². The van der Waals surface area contributed by atoms with E-state index in [1.165, 1.54) is 0 Å². The van der Waals surface area contributed by atoms with Crippen LogP contribution in [-0.4, -0.2) is 27.3 Å². The Morgan fingerprint density at radius 1 is 1.20 bits per heavy atom. The van der Waals surface area contributed by atoms with Crippen LogP contribution >= 0.6 is 39.1 Å². The van der Waals surface area contributed by atoms with E-state index < -0.39 is 10.0 Å². The Kier molecular flexibility index (Phi) is 7.61. The van der Waals surface area contributed by atoms with Crippen molar-refractivity contribution < 1.29 is 8.42 Å². The fraction of sp³-hybridized carbons (Fsp3) is 0.500. The van der Waals surface area contributed by atoms with E-state index in [1.807, 2.05) is 0 Å². The largest absolute Gasteiger partial charge is 0.317 e. The van der Waals surface area contributed by atoms with E-state index >= 15 is 0 Å². The summed E-state index contributed by atoms with van der Waals surface area (Å²) < 4.78 is 26.9. The van der Waals surface area contributed by atoms with Gasteiger partial charge in [0.1, 0.15) is 0 Å². The van der Waals surface area contributed by atoms with Gasteiger partial charge in [-0.25, -0.2) is 8.42 Å². The first-order valence-corrected chi connectivity index (χ1v) is 9.42. The molecule has 1 aromatic rings. The molecule has 0 spiro atoms. The first kappa shape index (κ1) is 18.0. The predicted octanol–water partition coefficient (Wildman–Crippen LogP) is 3.89. The van der Waals surface area contributed by atoms with E-state index in [0.29, 0.717) is 23.1 Å². The van der Waals surface area contributed by atoms with E-state index in [-0.39, 0.29) is 15.8 Å². The molecule has 0 atom stereocenters. The lowest BCUT2D eigenvalue weighted by molar-refractivity contribution is 0.593. The monoisotopic (exact) mass is 402 g/mol. The van der Waals surface area contributed by atoms with E-state index in [1.54, 1.807) is 12.1 Å². The SMILES string of the molecule is CCCNCCCS(=O)(=O)Nc1ccc(Br)c(Cl)c1Cl. The summed E-state index contributed by atoms with van der Waals surface area (Å²) >= 11 is 15.2. The van der Waals surface area contributed by atoms with Crippen molar-refractivity contribution in [3.63, 3.8) is 0 Å². The summed E-state index contributed by atoms with van der Waals surface area (Å²) in [6.45, 7) is 3.62. The molecule has 114 valence electrons. The molecule has 0 radical (unpaired) electrons. The highest BCUT2D eigenvalue weighted by Gasteiger charge is 2.15. The minimum absolute atomic E-state index is 0.0354. The van der Waals surface area contributed by atoms with Crippen molar-refractivity contribution in [1.82, 2.24) is 5.32 Å². The first-order valence-electron chi connectivity index (χ1n) is 6.22. The van der Waals surface area contributed by atoms with Gasteiger partial charge in [-0.1, -0.05) is 30.1 Å². The molecule has 0 heterocycles. The number of sulfonamides is 1. The molecule has 0 saturated carbocycles. The third-order valence-corrected chi connectivity index (χ3v) is 5.62. The van der Waals surface area contributed by atoms with E-state index in [2.05, 4.69) is 32.9 Å². The van der Waals surface area contributed by atoms with E-state index in [0.717, 1.165) is 13.0 Å². The smallest absolute Gasteiger partial charge is 0.232 e. The highest BCUT2D eigenvalue weighted by molar-refractivity contribution is 9.10. The Bertz CT molecular complexity index is 553. The zero-order valence-electron chi connectivity index (χ0n) is 11.0. The number of anilines is 1. The molecule has 2 N–H and O–H groups in total. The maximum atomic E-state index is 11.9. The van der Waals surface area contributed by atoms with Crippen molar-refractivity contribution in [3.05, 3.63) is 26.7 Å². The second kappa shape index (κ2) is 8.44. The van der Waals surface area contributed by atoms with Crippen LogP contribution in [0.4, 0.5) is 5.69 Å². The molecule has 0 unspecified atom stereocenters. The summed E-state index contributed by atoms with van der Waals surface area (Å²) in [6.07, 6.45) is 1.56. The highest BCUT2D eigenvalue weighted by atomic mass is 79.9. The number of nitrogens with one attached hydrogen (secondary N) is 2. The predicted molar refractivity (Wildman–Crippen MR) is 89.3 cm³/mol. The summed E-state index contributed by atoms with van der Waals surface area (Å²) in [5.74, 6) is 0.0354. The fourth-order valence-corrected chi connectivity index (χ4v) is 3.52. The second-order valence-electron chi connectivity index (χ2n) is 4.25. The maximum Gasteiger partial charge on any atom is 0.232 e. The molecular weight excluding hydrogens is 387 g/mol. The van der Waals surface area contributed by atoms with Crippen molar-refractivity contribution in [1.29, 1.82) is 0 Å². The van der Waals surface area contributed by atoms with Gasteiger partial charge in [0.25, 0.3) is 0 Å². The van der Waals surface area contributed by atoms with Crippen molar-refractivity contribution in [2.45, 2.75) is 19.8 Å². The Morgan fingerprint density at radius 2 is 1.90 bits per heavy atom. The molecule has 0 aliphatic heterocycles. The molecule has 0 amide bonds. The first-order chi connectivity index (χ1) is 9.37. The van der Waals surface area contributed by atoms with Crippen LogP contribution in [0.25, 0.3) is 0 Å². The summed E-state index contributed by atoms with van der Waals surface area (Å²) in [5.41, 5.74) is 0.293. The van der Waals surface area contributed by atoms with Crippen LogP contribution in [0.5, 0.6) is 0 Å². The van der Waals surface area contributed by atoms with Gasteiger partial charge in [0, 0.05) is 4.47 Å². The summed E-state index contributed by atoms with van der Waals surface area (Å²) in [7, 11) is -3.42. The molecule has 8 heteroatoms. The topological polar surface area (TPSA) is 58.2 Å². The molecule has 1 aromatic carbocycles. The molecule has 0 bridgehead atoms. The normalized spacial score (nSPS) is 11.6. The van der Waals surface area contributed by atoms with Gasteiger partial charge in [0.2, 0.25) is 10.0 Å². The average molecular weight is 404 g/mol. The van der Waals surface area contributed by atoms with Crippen molar-refractivity contribution in [2.24, 2.45) is 0 Å². The Hall–Kier alpha value is -0.0100. The zero-order valence-corrected chi connectivity index (χ0v) is 15.0. The lowest BCUT2D eigenvalue weighted by Crippen LogP contribution is -2.22. The van der Waals surface area contributed by atoms with Crippen LogP contribution in [-0.2, 0) is 10.0 Å². The lowest BCUT2D eigenvalue weighted by atomic mass is 10.3. The van der Waals surface area contributed by atoms with Gasteiger partial charge >= 0.3 is 0 Å². The van der Waals surface area contributed by atoms with Crippen LogP contribution in [0.15, 0.2) is 16.6 Å². The molecule has 4 nitrogen and oxygen atoms in total. The molecule has 0 aliphatic rings. The van der Waals surface area contributed by atoms with Crippen LogP contribution < -0.4 is 10.0 Å². The Balaban J connectivity index is 2.61. The Morgan fingerprint density at radius 3 is 2.55 bits per heavy atom. The molecule has 0 saturated heterocycles. The van der Waals surface area contributed by atoms with Gasteiger partial charge in [-0.2, -0.15) is 0 Å². The minimum Gasteiger partial charge on any atom is -0.317 e. The quantitative estimate of drug-likeness (QED) is 0.511. The third kappa shape index (κ3) is 5.77. The van der Waals surface area contributed by atoms with Gasteiger partial charge in [0.05, 0.1) is 21.5 Å². The van der Waals surface area contributed by atoms with Crippen molar-refractivity contribution >= 4 is 54.8 Å². The fourth-order valence-electron chi connectivity index (χ4n) is 1.51. The number of rotatable bonds is 8. The molecule has 0 aliphatic carbocycles. The van der Waals surface area contributed by atoms with Crippen LogP contribution in [0.3, 0.4) is 0 Å². The average Bonchev–Trinajstić information content (AvgIpc) is 2.39. The van der Waals surface area contributed by atoms with Gasteiger partial charge in [-0.05, 0) is 54.0 Å². The van der Waals surface area contributed by atoms with E-state index in [9.17, 15) is 8.42 Å². The van der Waals surface area contributed by atoms with Crippen LogP contribution in [0.2, 0.25) is 10.0 Å².